The van der Waals surface area contributed by atoms with Crippen LogP contribution >= 0.6 is 11.3 Å². The molecule has 0 aliphatic carbocycles. The Morgan fingerprint density at radius 2 is 2.06 bits per heavy atom. The molecule has 1 aliphatic rings. The van der Waals surface area contributed by atoms with Gasteiger partial charge in [-0.05, 0) is 34.7 Å². The number of rotatable bonds is 2. The Bertz CT molecular complexity index is 372. The van der Waals surface area contributed by atoms with Crippen molar-refractivity contribution in [3.63, 3.8) is 0 Å². The summed E-state index contributed by atoms with van der Waals surface area (Å²) in [5, 5.41) is 6.59. The van der Waals surface area contributed by atoms with E-state index in [-0.39, 0.29) is 16.7 Å². The average Bonchev–Trinajstić information content (AvgIpc) is 2.69. The molecule has 0 bridgehead atoms. The monoisotopic (exact) mass is 240 g/mol. The van der Waals surface area contributed by atoms with Crippen molar-refractivity contribution < 1.29 is 4.74 Å². The van der Waals surface area contributed by atoms with Crippen LogP contribution in [-0.2, 0) is 10.3 Å². The van der Waals surface area contributed by atoms with Crippen LogP contribution in [0.3, 0.4) is 0 Å². The molecular formula is C12H20N2OS. The molecule has 16 heavy (non-hydrogen) atoms. The highest BCUT2D eigenvalue weighted by atomic mass is 32.1. The van der Waals surface area contributed by atoms with Crippen molar-refractivity contribution in [2.45, 2.75) is 50.9 Å². The molecule has 1 aliphatic heterocycles. The molecule has 0 amide bonds. The van der Waals surface area contributed by atoms with Crippen LogP contribution < -0.4 is 5.32 Å². The lowest BCUT2D eigenvalue weighted by Gasteiger charge is -2.37. The number of thiazole rings is 1. The summed E-state index contributed by atoms with van der Waals surface area (Å²) < 4.78 is 6.17. The summed E-state index contributed by atoms with van der Waals surface area (Å²) in [5.74, 6) is 0. The van der Waals surface area contributed by atoms with Gasteiger partial charge in [-0.25, -0.2) is 4.98 Å². The van der Waals surface area contributed by atoms with E-state index in [1.54, 1.807) is 11.3 Å². The van der Waals surface area contributed by atoms with Crippen LogP contribution in [0.1, 0.15) is 39.1 Å². The van der Waals surface area contributed by atoms with Crippen LogP contribution in [0.4, 0.5) is 0 Å². The van der Waals surface area contributed by atoms with Gasteiger partial charge in [-0.3, -0.25) is 0 Å². The van der Waals surface area contributed by atoms with E-state index in [4.69, 9.17) is 4.74 Å². The Morgan fingerprint density at radius 1 is 1.38 bits per heavy atom. The van der Waals surface area contributed by atoms with Crippen LogP contribution in [0, 0.1) is 0 Å². The first-order valence-electron chi connectivity index (χ1n) is 5.62. The molecule has 0 radical (unpaired) electrons. The van der Waals surface area contributed by atoms with Crippen molar-refractivity contribution >= 4 is 11.3 Å². The molecule has 0 aromatic carbocycles. The lowest BCUT2D eigenvalue weighted by Crippen LogP contribution is -2.53. The fourth-order valence-electron chi connectivity index (χ4n) is 2.93. The number of hydrogen-bond donors (Lipinski definition) is 1. The Labute approximate surface area is 101 Å². The van der Waals surface area contributed by atoms with Gasteiger partial charge in [0.25, 0.3) is 0 Å². The Hall–Kier alpha value is -0.450. The summed E-state index contributed by atoms with van der Waals surface area (Å²) in [7, 11) is 1.99. The molecule has 1 aromatic rings. The number of hydrogen-bond acceptors (Lipinski definition) is 4. The molecule has 90 valence electrons. The van der Waals surface area contributed by atoms with Gasteiger partial charge in [0.05, 0.1) is 11.2 Å². The molecule has 0 saturated carbocycles. The zero-order valence-corrected chi connectivity index (χ0v) is 11.4. The van der Waals surface area contributed by atoms with Crippen molar-refractivity contribution in [1.29, 1.82) is 0 Å². The third-order valence-electron chi connectivity index (χ3n) is 3.47. The Kier molecular flexibility index (Phi) is 2.64. The maximum Gasteiger partial charge on any atom is 0.116 e. The molecule has 3 nitrogen and oxygen atoms in total. The highest BCUT2D eigenvalue weighted by Crippen LogP contribution is 2.50. The van der Waals surface area contributed by atoms with E-state index in [2.05, 4.69) is 38.0 Å². The summed E-state index contributed by atoms with van der Waals surface area (Å²) in [5.41, 5.74) is -0.536. The topological polar surface area (TPSA) is 34.2 Å². The second kappa shape index (κ2) is 3.52. The number of ether oxygens (including phenoxy) is 1. The summed E-state index contributed by atoms with van der Waals surface area (Å²) in [6.45, 7) is 8.56. The van der Waals surface area contributed by atoms with Gasteiger partial charge in [-0.1, -0.05) is 0 Å². The normalized spacial score (nSPS) is 31.8. The largest absolute Gasteiger partial charge is 0.367 e. The van der Waals surface area contributed by atoms with Gasteiger partial charge in [0.15, 0.2) is 0 Å². The van der Waals surface area contributed by atoms with Gasteiger partial charge in [0, 0.05) is 18.0 Å². The predicted molar refractivity (Wildman–Crippen MR) is 66.7 cm³/mol. The first kappa shape index (κ1) is 12.0. The van der Waals surface area contributed by atoms with Crippen LogP contribution in [0.5, 0.6) is 0 Å². The fourth-order valence-corrected chi connectivity index (χ4v) is 3.92. The highest BCUT2D eigenvalue weighted by molar-refractivity contribution is 7.09. The molecule has 1 N–H and O–H groups in total. The standard InChI is InChI=1S/C12H20N2OS/c1-10(2)8-12(13-5,11(3,4)15-10)9-14-6-7-16-9/h6-7,13H,8H2,1-5H3. The lowest BCUT2D eigenvalue weighted by atomic mass is 9.79. The second-order valence-electron chi connectivity index (χ2n) is 5.54. The summed E-state index contributed by atoms with van der Waals surface area (Å²) in [6, 6.07) is 0. The predicted octanol–water partition coefficient (Wildman–Crippen LogP) is 2.54. The van der Waals surface area contributed by atoms with Crippen molar-refractivity contribution in [2.75, 3.05) is 7.05 Å². The van der Waals surface area contributed by atoms with Crippen LogP contribution in [-0.4, -0.2) is 23.2 Å². The zero-order chi connectivity index (χ0) is 12.0. The smallest absolute Gasteiger partial charge is 0.116 e. The van der Waals surface area contributed by atoms with E-state index in [1.165, 1.54) is 0 Å². The van der Waals surface area contributed by atoms with Gasteiger partial charge >= 0.3 is 0 Å². The number of nitrogens with one attached hydrogen (secondary N) is 1. The maximum atomic E-state index is 6.17. The van der Waals surface area contributed by atoms with E-state index < -0.39 is 0 Å². The summed E-state index contributed by atoms with van der Waals surface area (Å²) in [6.07, 6.45) is 2.80. The SMILES string of the molecule is CNC1(c2nccs2)CC(C)(C)OC1(C)C. The van der Waals surface area contributed by atoms with Crippen molar-refractivity contribution in [3.8, 4) is 0 Å². The molecule has 1 unspecified atom stereocenters. The van der Waals surface area contributed by atoms with Crippen molar-refractivity contribution in [2.24, 2.45) is 0 Å². The molecule has 2 rings (SSSR count). The second-order valence-corrected chi connectivity index (χ2v) is 6.44. The molecule has 1 atom stereocenters. The molecule has 0 spiro atoms. The first-order chi connectivity index (χ1) is 7.33. The zero-order valence-electron chi connectivity index (χ0n) is 10.6. The van der Waals surface area contributed by atoms with E-state index in [9.17, 15) is 0 Å². The number of aromatic nitrogens is 1. The van der Waals surface area contributed by atoms with Crippen molar-refractivity contribution in [1.82, 2.24) is 10.3 Å². The quantitative estimate of drug-likeness (QED) is 0.862. The van der Waals surface area contributed by atoms with Gasteiger partial charge in [0.1, 0.15) is 10.5 Å². The minimum absolute atomic E-state index is 0.113. The van der Waals surface area contributed by atoms with Crippen LogP contribution in [0.25, 0.3) is 0 Å². The number of nitrogens with zero attached hydrogens (tertiary/aromatic N) is 1. The Balaban J connectivity index is 2.49. The summed E-state index contributed by atoms with van der Waals surface area (Å²) >= 11 is 1.69. The average molecular weight is 240 g/mol. The van der Waals surface area contributed by atoms with Crippen LogP contribution in [0.15, 0.2) is 11.6 Å². The van der Waals surface area contributed by atoms with E-state index in [0.717, 1.165) is 11.4 Å². The van der Waals surface area contributed by atoms with E-state index in [1.807, 2.05) is 18.6 Å². The highest BCUT2D eigenvalue weighted by Gasteiger charge is 2.58. The molecule has 1 fully saturated rings. The van der Waals surface area contributed by atoms with Crippen molar-refractivity contribution in [3.05, 3.63) is 16.6 Å². The minimum Gasteiger partial charge on any atom is -0.367 e. The third-order valence-corrected chi connectivity index (χ3v) is 4.41. The summed E-state index contributed by atoms with van der Waals surface area (Å²) in [4.78, 5) is 4.48. The van der Waals surface area contributed by atoms with Gasteiger partial charge in [0.2, 0.25) is 0 Å². The maximum absolute atomic E-state index is 6.17. The molecule has 2 heterocycles. The van der Waals surface area contributed by atoms with E-state index in [0.29, 0.717) is 0 Å². The molecule has 4 heteroatoms. The lowest BCUT2D eigenvalue weighted by molar-refractivity contribution is -0.0834. The van der Waals surface area contributed by atoms with Gasteiger partial charge in [-0.15, -0.1) is 11.3 Å². The fraction of sp³-hybridized carbons (Fsp3) is 0.750. The minimum atomic E-state index is -0.247. The molecular weight excluding hydrogens is 220 g/mol. The third kappa shape index (κ3) is 1.60. The molecule has 1 aromatic heterocycles. The number of likely N-dealkylation sites (N-methyl/N-ethyl adjacent to an activating group) is 1. The molecule has 1 saturated heterocycles. The van der Waals surface area contributed by atoms with Gasteiger partial charge in [-0.2, -0.15) is 0 Å². The first-order valence-corrected chi connectivity index (χ1v) is 6.50. The van der Waals surface area contributed by atoms with Crippen LogP contribution in [0.2, 0.25) is 0 Å². The Morgan fingerprint density at radius 3 is 2.44 bits per heavy atom. The van der Waals surface area contributed by atoms with Gasteiger partial charge < -0.3 is 10.1 Å². The van der Waals surface area contributed by atoms with E-state index >= 15 is 0 Å².